The van der Waals surface area contributed by atoms with Gasteiger partial charge in [-0.1, -0.05) is 0 Å². The summed E-state index contributed by atoms with van der Waals surface area (Å²) in [6, 6.07) is 0. The molecule has 16 heavy (non-hydrogen) atoms. The zero-order chi connectivity index (χ0) is 11.5. The minimum atomic E-state index is -0.935. The van der Waals surface area contributed by atoms with E-state index in [0.29, 0.717) is 12.3 Å². The molecule has 2 heterocycles. The summed E-state index contributed by atoms with van der Waals surface area (Å²) in [7, 11) is 1.53. The molecule has 1 fully saturated rings. The van der Waals surface area contributed by atoms with Gasteiger partial charge in [-0.2, -0.15) is 0 Å². The van der Waals surface area contributed by atoms with Crippen LogP contribution in [0, 0.1) is 0 Å². The first-order valence-corrected chi connectivity index (χ1v) is 5.83. The fourth-order valence-corrected chi connectivity index (χ4v) is 2.70. The van der Waals surface area contributed by atoms with Gasteiger partial charge in [0.25, 0.3) is 0 Å². The molecule has 1 saturated heterocycles. The topological polar surface area (TPSA) is 68.7 Å². The number of ether oxygens (including phenoxy) is 2. The molecule has 1 aromatic heterocycles. The van der Waals surface area contributed by atoms with E-state index < -0.39 is 5.97 Å². The van der Waals surface area contributed by atoms with Crippen LogP contribution in [0.2, 0.25) is 0 Å². The highest BCUT2D eigenvalue weighted by atomic mass is 32.1. The Hall–Kier alpha value is -0.980. The van der Waals surface area contributed by atoms with Crippen LogP contribution in [0.1, 0.15) is 32.7 Å². The minimum Gasteiger partial charge on any atom is -0.477 e. The number of hydrogen-bond donors (Lipinski definition) is 1. The molecule has 1 aliphatic rings. The number of carboxylic acids is 1. The molecule has 0 aliphatic carbocycles. The SMILES string of the molecule is COCc1nc(C2CCOC2)sc1C(=O)O. The Kier molecular flexibility index (Phi) is 3.52. The van der Waals surface area contributed by atoms with Gasteiger partial charge in [0.15, 0.2) is 0 Å². The Labute approximate surface area is 97.0 Å². The molecule has 88 valence electrons. The lowest BCUT2D eigenvalue weighted by Crippen LogP contribution is -2.00. The van der Waals surface area contributed by atoms with E-state index in [2.05, 4.69) is 4.98 Å². The van der Waals surface area contributed by atoms with Gasteiger partial charge in [-0.15, -0.1) is 11.3 Å². The molecule has 0 radical (unpaired) electrons. The molecule has 1 aliphatic heterocycles. The predicted octanol–water partition coefficient (Wildman–Crippen LogP) is 1.49. The zero-order valence-electron chi connectivity index (χ0n) is 8.93. The Morgan fingerprint density at radius 2 is 2.56 bits per heavy atom. The van der Waals surface area contributed by atoms with E-state index >= 15 is 0 Å². The molecule has 0 spiro atoms. The van der Waals surface area contributed by atoms with Crippen molar-refractivity contribution in [2.24, 2.45) is 0 Å². The molecule has 1 N–H and O–H groups in total. The van der Waals surface area contributed by atoms with Crippen molar-refractivity contribution in [1.82, 2.24) is 4.98 Å². The Morgan fingerprint density at radius 3 is 3.12 bits per heavy atom. The van der Waals surface area contributed by atoms with Gasteiger partial charge in [0.1, 0.15) is 4.88 Å². The lowest BCUT2D eigenvalue weighted by molar-refractivity contribution is 0.0697. The third-order valence-corrected chi connectivity index (χ3v) is 3.72. The van der Waals surface area contributed by atoms with Crippen LogP contribution in [0.15, 0.2) is 0 Å². The van der Waals surface area contributed by atoms with Crippen LogP contribution in [0.4, 0.5) is 0 Å². The van der Waals surface area contributed by atoms with Gasteiger partial charge in [0.05, 0.1) is 23.9 Å². The predicted molar refractivity (Wildman–Crippen MR) is 58.0 cm³/mol. The standard InChI is InChI=1S/C10H13NO4S/c1-14-5-7-8(10(12)13)16-9(11-7)6-2-3-15-4-6/h6H,2-5H2,1H3,(H,12,13). The molecule has 0 saturated carbocycles. The van der Waals surface area contributed by atoms with E-state index in [-0.39, 0.29) is 17.4 Å². The third-order valence-electron chi connectivity index (χ3n) is 2.47. The Bertz CT molecular complexity index is 384. The number of hydrogen-bond acceptors (Lipinski definition) is 5. The van der Waals surface area contributed by atoms with Crippen LogP contribution >= 0.6 is 11.3 Å². The second kappa shape index (κ2) is 4.90. The van der Waals surface area contributed by atoms with Gasteiger partial charge in [-0.3, -0.25) is 0 Å². The largest absolute Gasteiger partial charge is 0.477 e. The lowest BCUT2D eigenvalue weighted by atomic mass is 10.1. The normalized spacial score (nSPS) is 20.2. The van der Waals surface area contributed by atoms with Crippen LogP contribution in [0.25, 0.3) is 0 Å². The van der Waals surface area contributed by atoms with Crippen molar-refractivity contribution in [3.63, 3.8) is 0 Å². The highest BCUT2D eigenvalue weighted by Gasteiger charge is 2.25. The van der Waals surface area contributed by atoms with E-state index in [4.69, 9.17) is 14.6 Å². The van der Waals surface area contributed by atoms with Crippen molar-refractivity contribution >= 4 is 17.3 Å². The average Bonchev–Trinajstić information content (AvgIpc) is 2.83. The van der Waals surface area contributed by atoms with Crippen LogP contribution in [0.5, 0.6) is 0 Å². The number of thiazole rings is 1. The summed E-state index contributed by atoms with van der Waals surface area (Å²) in [6.45, 7) is 1.61. The maximum Gasteiger partial charge on any atom is 0.347 e. The molecule has 0 amide bonds. The van der Waals surface area contributed by atoms with Crippen molar-refractivity contribution in [2.45, 2.75) is 18.9 Å². The smallest absolute Gasteiger partial charge is 0.347 e. The van der Waals surface area contributed by atoms with E-state index in [0.717, 1.165) is 18.0 Å². The Balaban J connectivity index is 2.26. The maximum atomic E-state index is 11.0. The minimum absolute atomic E-state index is 0.242. The van der Waals surface area contributed by atoms with Crippen molar-refractivity contribution in [2.75, 3.05) is 20.3 Å². The van der Waals surface area contributed by atoms with Crippen molar-refractivity contribution < 1.29 is 19.4 Å². The average molecular weight is 243 g/mol. The number of carbonyl (C=O) groups is 1. The van der Waals surface area contributed by atoms with Crippen LogP contribution in [0.3, 0.4) is 0 Å². The summed E-state index contributed by atoms with van der Waals surface area (Å²) in [5, 5.41) is 9.88. The highest BCUT2D eigenvalue weighted by Crippen LogP contribution is 2.31. The number of aromatic carboxylic acids is 1. The third kappa shape index (κ3) is 2.23. The summed E-state index contributed by atoms with van der Waals surface area (Å²) in [6.07, 6.45) is 0.916. The van der Waals surface area contributed by atoms with E-state index in [9.17, 15) is 4.79 Å². The van der Waals surface area contributed by atoms with Crippen LogP contribution in [-0.4, -0.2) is 36.4 Å². The first-order chi connectivity index (χ1) is 7.72. The van der Waals surface area contributed by atoms with Crippen LogP contribution < -0.4 is 0 Å². The number of carboxylic acid groups (broad SMARTS) is 1. The summed E-state index contributed by atoms with van der Waals surface area (Å²) in [5.74, 6) is -0.691. The molecule has 5 nitrogen and oxygen atoms in total. The molecule has 0 bridgehead atoms. The lowest BCUT2D eigenvalue weighted by Gasteiger charge is -2.00. The van der Waals surface area contributed by atoms with Crippen molar-refractivity contribution in [3.05, 3.63) is 15.6 Å². The molecular weight excluding hydrogens is 230 g/mol. The van der Waals surface area contributed by atoms with Crippen molar-refractivity contribution in [1.29, 1.82) is 0 Å². The van der Waals surface area contributed by atoms with E-state index in [1.807, 2.05) is 0 Å². The summed E-state index contributed by atoms with van der Waals surface area (Å²) >= 11 is 1.23. The van der Waals surface area contributed by atoms with Crippen LogP contribution in [-0.2, 0) is 16.1 Å². The Morgan fingerprint density at radius 1 is 1.75 bits per heavy atom. The summed E-state index contributed by atoms with van der Waals surface area (Å²) in [4.78, 5) is 15.6. The monoisotopic (exact) mass is 243 g/mol. The first-order valence-electron chi connectivity index (χ1n) is 5.02. The number of methoxy groups -OCH3 is 1. The molecule has 1 aromatic rings. The van der Waals surface area contributed by atoms with Gasteiger partial charge in [-0.05, 0) is 6.42 Å². The molecule has 2 rings (SSSR count). The van der Waals surface area contributed by atoms with Crippen molar-refractivity contribution in [3.8, 4) is 0 Å². The van der Waals surface area contributed by atoms with Gasteiger partial charge < -0.3 is 14.6 Å². The fourth-order valence-electron chi connectivity index (χ4n) is 1.68. The summed E-state index contributed by atoms with van der Waals surface area (Å²) < 4.78 is 10.2. The second-order valence-electron chi connectivity index (χ2n) is 3.63. The number of nitrogens with zero attached hydrogens (tertiary/aromatic N) is 1. The zero-order valence-corrected chi connectivity index (χ0v) is 9.75. The van der Waals surface area contributed by atoms with E-state index in [1.165, 1.54) is 18.4 Å². The second-order valence-corrected chi connectivity index (χ2v) is 4.66. The molecule has 0 aromatic carbocycles. The number of aromatic nitrogens is 1. The highest BCUT2D eigenvalue weighted by molar-refractivity contribution is 7.13. The van der Waals surface area contributed by atoms with Gasteiger partial charge >= 0.3 is 5.97 Å². The molecule has 1 unspecified atom stereocenters. The summed E-state index contributed by atoms with van der Waals surface area (Å²) in [5.41, 5.74) is 0.516. The first kappa shape index (κ1) is 11.5. The maximum absolute atomic E-state index is 11.0. The van der Waals surface area contributed by atoms with E-state index in [1.54, 1.807) is 0 Å². The van der Waals surface area contributed by atoms with Gasteiger partial charge in [0, 0.05) is 19.6 Å². The number of rotatable bonds is 4. The molecular formula is C10H13NO4S. The fraction of sp³-hybridized carbons (Fsp3) is 0.600. The quantitative estimate of drug-likeness (QED) is 0.867. The molecule has 6 heteroatoms. The molecule has 1 atom stereocenters. The van der Waals surface area contributed by atoms with Gasteiger partial charge in [0.2, 0.25) is 0 Å². The van der Waals surface area contributed by atoms with Gasteiger partial charge in [-0.25, -0.2) is 9.78 Å².